The highest BCUT2D eigenvalue weighted by molar-refractivity contribution is 6.08. The molecule has 0 radical (unpaired) electrons. The van der Waals surface area contributed by atoms with Crippen molar-refractivity contribution in [2.75, 3.05) is 0 Å². The van der Waals surface area contributed by atoms with Crippen LogP contribution in [-0.4, -0.2) is 23.5 Å². The Kier molecular flexibility index (Phi) is 0.975. The van der Waals surface area contributed by atoms with Gasteiger partial charge >= 0.3 is 17.9 Å². The molecule has 3 rings (SSSR count). The van der Waals surface area contributed by atoms with Crippen molar-refractivity contribution >= 4 is 17.9 Å². The summed E-state index contributed by atoms with van der Waals surface area (Å²) < 4.78 is 9.50. The molecular weight excluding hydrogens is 188 g/mol. The van der Waals surface area contributed by atoms with Crippen LogP contribution in [0.4, 0.5) is 0 Å². The first kappa shape index (κ1) is 7.96. The predicted molar refractivity (Wildman–Crippen MR) is 40.7 cm³/mol. The maximum atomic E-state index is 11.4. The van der Waals surface area contributed by atoms with E-state index >= 15 is 0 Å². The summed E-state index contributed by atoms with van der Waals surface area (Å²) in [4.78, 5) is 33.8. The van der Waals surface area contributed by atoms with E-state index in [9.17, 15) is 14.4 Å². The summed E-state index contributed by atoms with van der Waals surface area (Å²) in [5.74, 6) is -2.66. The lowest BCUT2D eigenvalue weighted by Crippen LogP contribution is -2.80. The van der Waals surface area contributed by atoms with Crippen LogP contribution >= 0.6 is 0 Å². The van der Waals surface area contributed by atoms with E-state index in [1.54, 1.807) is 13.8 Å². The molecule has 0 bridgehead atoms. The molecule has 5 heteroatoms. The standard InChI is InChI=1S/C9H8O5/c1-8-3(5(10)13-7(8)12)4-6(11)14-9(4,8)2/h3-4H,1-2H3. The highest BCUT2D eigenvalue weighted by Gasteiger charge is 2.87. The van der Waals surface area contributed by atoms with Crippen molar-refractivity contribution in [3.8, 4) is 0 Å². The molecule has 3 aliphatic rings. The number of cyclic esters (lactones) is 2. The molecule has 0 aromatic heterocycles. The molecule has 0 aromatic carbocycles. The number of carbonyl (C=O) groups excluding carboxylic acids is 3. The molecule has 0 amide bonds. The number of hydrogen-bond acceptors (Lipinski definition) is 5. The number of fused-ring (bicyclic) bond motifs is 4. The number of carbonyl (C=O) groups is 3. The first-order chi connectivity index (χ1) is 6.43. The van der Waals surface area contributed by atoms with Gasteiger partial charge in [0.1, 0.15) is 16.9 Å². The quantitative estimate of drug-likeness (QED) is 0.391. The van der Waals surface area contributed by atoms with Crippen molar-refractivity contribution < 1.29 is 23.9 Å². The maximum absolute atomic E-state index is 11.4. The number of ether oxygens (including phenoxy) is 2. The molecule has 4 atom stereocenters. The Morgan fingerprint density at radius 1 is 1.07 bits per heavy atom. The van der Waals surface area contributed by atoms with Gasteiger partial charge in [-0.05, 0) is 13.8 Å². The minimum absolute atomic E-state index is 0.401. The molecule has 5 nitrogen and oxygen atoms in total. The van der Waals surface area contributed by atoms with Crippen LogP contribution in [0.2, 0.25) is 0 Å². The number of rotatable bonds is 0. The molecule has 0 spiro atoms. The summed E-state index contributed by atoms with van der Waals surface area (Å²) in [5.41, 5.74) is -1.78. The second-order valence-electron chi connectivity index (χ2n) is 4.39. The third kappa shape index (κ3) is 0.451. The fraction of sp³-hybridized carbons (Fsp3) is 0.667. The van der Waals surface area contributed by atoms with E-state index in [0.717, 1.165) is 0 Å². The Hall–Kier alpha value is -1.39. The molecule has 3 fully saturated rings. The molecule has 2 saturated heterocycles. The van der Waals surface area contributed by atoms with Crippen LogP contribution in [0, 0.1) is 17.3 Å². The van der Waals surface area contributed by atoms with Crippen LogP contribution in [0.25, 0.3) is 0 Å². The van der Waals surface area contributed by atoms with Gasteiger partial charge in [-0.25, -0.2) is 0 Å². The second-order valence-corrected chi connectivity index (χ2v) is 4.39. The normalized spacial score (nSPS) is 53.7. The molecule has 4 unspecified atom stereocenters. The lowest BCUT2D eigenvalue weighted by molar-refractivity contribution is -0.297. The van der Waals surface area contributed by atoms with Gasteiger partial charge in [-0.15, -0.1) is 0 Å². The SMILES string of the molecule is CC12OC(=O)C1C1C(=O)OC(=O)C12C. The highest BCUT2D eigenvalue weighted by Crippen LogP contribution is 2.69. The van der Waals surface area contributed by atoms with Crippen LogP contribution in [0.3, 0.4) is 0 Å². The van der Waals surface area contributed by atoms with Gasteiger partial charge in [0.25, 0.3) is 0 Å². The van der Waals surface area contributed by atoms with E-state index in [2.05, 4.69) is 4.74 Å². The van der Waals surface area contributed by atoms with Crippen LogP contribution in [0.15, 0.2) is 0 Å². The van der Waals surface area contributed by atoms with Crippen molar-refractivity contribution in [1.29, 1.82) is 0 Å². The van der Waals surface area contributed by atoms with Gasteiger partial charge < -0.3 is 9.47 Å². The molecule has 2 aliphatic heterocycles. The lowest BCUT2D eigenvalue weighted by Gasteiger charge is -2.64. The third-order valence-corrected chi connectivity index (χ3v) is 4.02. The van der Waals surface area contributed by atoms with Crippen molar-refractivity contribution in [2.24, 2.45) is 17.3 Å². The first-order valence-electron chi connectivity index (χ1n) is 4.42. The minimum atomic E-state index is -0.956. The zero-order valence-electron chi connectivity index (χ0n) is 7.70. The molecule has 74 valence electrons. The smallest absolute Gasteiger partial charge is 0.324 e. The van der Waals surface area contributed by atoms with E-state index in [4.69, 9.17) is 4.74 Å². The number of hydrogen-bond donors (Lipinski definition) is 0. The zero-order valence-corrected chi connectivity index (χ0v) is 7.70. The summed E-state index contributed by atoms with van der Waals surface area (Å²) in [6, 6.07) is 0. The van der Waals surface area contributed by atoms with E-state index in [1.807, 2.05) is 0 Å². The maximum Gasteiger partial charge on any atom is 0.324 e. The number of esters is 3. The van der Waals surface area contributed by atoms with Crippen LogP contribution in [0.1, 0.15) is 13.8 Å². The topological polar surface area (TPSA) is 69.7 Å². The van der Waals surface area contributed by atoms with Gasteiger partial charge in [-0.3, -0.25) is 14.4 Å². The molecule has 1 aliphatic carbocycles. The summed E-state index contributed by atoms with van der Waals surface area (Å²) in [5, 5.41) is 0. The Balaban J connectivity index is 2.12. The summed E-state index contributed by atoms with van der Waals surface area (Å²) in [6.07, 6.45) is 0. The van der Waals surface area contributed by atoms with Crippen molar-refractivity contribution in [3.05, 3.63) is 0 Å². The van der Waals surface area contributed by atoms with E-state index in [-0.39, 0.29) is 0 Å². The monoisotopic (exact) mass is 196 g/mol. The Bertz CT molecular complexity index is 400. The van der Waals surface area contributed by atoms with E-state index in [0.29, 0.717) is 0 Å². The van der Waals surface area contributed by atoms with E-state index < -0.39 is 40.8 Å². The average Bonchev–Trinajstić information content (AvgIpc) is 2.28. The highest BCUT2D eigenvalue weighted by atomic mass is 16.6. The molecule has 0 N–H and O–H groups in total. The minimum Gasteiger partial charge on any atom is -0.457 e. The van der Waals surface area contributed by atoms with Gasteiger partial charge in [0.2, 0.25) is 0 Å². The largest absolute Gasteiger partial charge is 0.457 e. The van der Waals surface area contributed by atoms with Gasteiger partial charge in [-0.1, -0.05) is 0 Å². The van der Waals surface area contributed by atoms with Crippen LogP contribution in [-0.2, 0) is 23.9 Å². The first-order valence-corrected chi connectivity index (χ1v) is 4.42. The zero-order chi connectivity index (χ0) is 10.3. The molecular formula is C9H8O5. The second kappa shape index (κ2) is 1.71. The summed E-state index contributed by atoms with van der Waals surface area (Å²) in [7, 11) is 0. The molecule has 1 saturated carbocycles. The Morgan fingerprint density at radius 3 is 2.29 bits per heavy atom. The van der Waals surface area contributed by atoms with Gasteiger partial charge in [0.15, 0.2) is 0 Å². The van der Waals surface area contributed by atoms with Crippen LogP contribution < -0.4 is 0 Å². The van der Waals surface area contributed by atoms with Crippen molar-refractivity contribution in [3.63, 3.8) is 0 Å². The van der Waals surface area contributed by atoms with Crippen molar-refractivity contribution in [2.45, 2.75) is 19.4 Å². The van der Waals surface area contributed by atoms with E-state index in [1.165, 1.54) is 0 Å². The average molecular weight is 196 g/mol. The predicted octanol–water partition coefficient (Wildman–Crippen LogP) is -0.362. The van der Waals surface area contributed by atoms with Gasteiger partial charge in [0.05, 0.1) is 5.92 Å². The van der Waals surface area contributed by atoms with Gasteiger partial charge in [0, 0.05) is 0 Å². The molecule has 2 heterocycles. The molecule has 14 heavy (non-hydrogen) atoms. The fourth-order valence-electron chi connectivity index (χ4n) is 2.89. The lowest BCUT2D eigenvalue weighted by atomic mass is 9.43. The summed E-state index contributed by atoms with van der Waals surface area (Å²) in [6.45, 7) is 3.29. The van der Waals surface area contributed by atoms with Gasteiger partial charge in [-0.2, -0.15) is 0 Å². The van der Waals surface area contributed by atoms with Crippen LogP contribution in [0.5, 0.6) is 0 Å². The summed E-state index contributed by atoms with van der Waals surface area (Å²) >= 11 is 0. The fourth-order valence-corrected chi connectivity index (χ4v) is 2.89. The Labute approximate surface area is 79.4 Å². The van der Waals surface area contributed by atoms with Crippen molar-refractivity contribution in [1.82, 2.24) is 0 Å². The Morgan fingerprint density at radius 2 is 1.71 bits per heavy atom. The molecule has 0 aromatic rings. The third-order valence-electron chi connectivity index (χ3n) is 4.02.